The van der Waals surface area contributed by atoms with Crippen LogP contribution in [-0.2, 0) is 11.8 Å². The maximum Gasteiger partial charge on any atom is 0.275 e. The molecule has 166 valence electrons. The zero-order chi connectivity index (χ0) is 22.5. The fraction of sp³-hybridized carbons (Fsp3) is 0.400. The number of alkyl halides is 2. The first-order valence-electron chi connectivity index (χ1n) is 9.66. The Kier molecular flexibility index (Phi) is 7.06. The molecule has 0 saturated carbocycles. The smallest absolute Gasteiger partial charge is 0.275 e. The Hall–Kier alpha value is -3.21. The van der Waals surface area contributed by atoms with Crippen molar-refractivity contribution < 1.29 is 18.0 Å². The van der Waals surface area contributed by atoms with E-state index in [4.69, 9.17) is 0 Å². The van der Waals surface area contributed by atoms with Crippen molar-refractivity contribution in [2.24, 2.45) is 23.0 Å². The largest absolute Gasteiger partial charge is 0.360 e. The van der Waals surface area contributed by atoms with E-state index >= 15 is 0 Å². The van der Waals surface area contributed by atoms with Gasteiger partial charge in [-0.3, -0.25) is 14.5 Å². The van der Waals surface area contributed by atoms with Gasteiger partial charge in [0.1, 0.15) is 17.0 Å². The number of nitrogens with zero attached hydrogens (tertiary/aromatic N) is 5. The molecular weight excluding hydrogens is 411 g/mol. The van der Waals surface area contributed by atoms with Crippen LogP contribution in [0.4, 0.5) is 18.9 Å². The van der Waals surface area contributed by atoms with Crippen LogP contribution < -0.4 is 10.6 Å². The topological polar surface area (TPSA) is 86.9 Å². The number of aryl methyl sites for hydroxylation is 1. The zero-order valence-electron chi connectivity index (χ0n) is 17.3. The van der Waals surface area contributed by atoms with Crippen LogP contribution in [0.1, 0.15) is 6.92 Å². The number of benzene rings is 1. The highest BCUT2D eigenvalue weighted by atomic mass is 19.3. The van der Waals surface area contributed by atoms with Crippen LogP contribution in [0.25, 0.3) is 10.9 Å². The number of fused-ring (bicyclic) bond motifs is 1. The van der Waals surface area contributed by atoms with Crippen LogP contribution in [-0.4, -0.2) is 65.7 Å². The highest BCUT2D eigenvalue weighted by Crippen LogP contribution is 2.22. The molecular formula is C20H24F3N7O. The molecule has 2 N–H and O–H groups in total. The van der Waals surface area contributed by atoms with Gasteiger partial charge in [0.25, 0.3) is 12.3 Å². The second-order valence-corrected chi connectivity index (χ2v) is 7.32. The van der Waals surface area contributed by atoms with Gasteiger partial charge in [-0.05, 0) is 25.8 Å². The number of nitrogens with one attached hydrogen (secondary N) is 2. The van der Waals surface area contributed by atoms with E-state index in [-0.39, 0.29) is 29.4 Å². The van der Waals surface area contributed by atoms with Crippen molar-refractivity contribution >= 4 is 35.1 Å². The molecule has 1 saturated heterocycles. The lowest BCUT2D eigenvalue weighted by molar-refractivity contribution is -0.112. The summed E-state index contributed by atoms with van der Waals surface area (Å²) >= 11 is 0. The van der Waals surface area contributed by atoms with Gasteiger partial charge in [0.05, 0.1) is 12.7 Å². The molecule has 2 aromatic rings. The Morgan fingerprint density at radius 3 is 2.84 bits per heavy atom. The van der Waals surface area contributed by atoms with Gasteiger partial charge >= 0.3 is 0 Å². The van der Waals surface area contributed by atoms with E-state index in [2.05, 4.69) is 32.4 Å². The van der Waals surface area contributed by atoms with Crippen LogP contribution in [0.15, 0.2) is 40.2 Å². The molecule has 0 unspecified atom stereocenters. The number of hydrogen-bond donors (Lipinski definition) is 2. The number of carbonyl (C=O) groups is 1. The third-order valence-electron chi connectivity index (χ3n) is 4.86. The lowest BCUT2D eigenvalue weighted by atomic mass is 10.0. The van der Waals surface area contributed by atoms with Crippen molar-refractivity contribution in [2.75, 3.05) is 31.5 Å². The molecule has 0 spiro atoms. The van der Waals surface area contributed by atoms with E-state index < -0.39 is 18.1 Å². The second-order valence-electron chi connectivity index (χ2n) is 7.32. The lowest BCUT2D eigenvalue weighted by Gasteiger charge is -2.40. The minimum Gasteiger partial charge on any atom is -0.360 e. The Balaban J connectivity index is 1.58. The second kappa shape index (κ2) is 9.73. The summed E-state index contributed by atoms with van der Waals surface area (Å²) in [6.07, 6.45) is 0.579. The van der Waals surface area contributed by atoms with Gasteiger partial charge in [-0.15, -0.1) is 0 Å². The summed E-state index contributed by atoms with van der Waals surface area (Å²) in [5, 5.41) is 9.89. The molecule has 11 heteroatoms. The normalized spacial score (nSPS) is 15.5. The molecule has 8 nitrogen and oxygen atoms in total. The average molecular weight is 435 g/mol. The Morgan fingerprint density at radius 1 is 1.42 bits per heavy atom. The molecule has 0 atom stereocenters. The van der Waals surface area contributed by atoms with Crippen LogP contribution in [0.2, 0.25) is 0 Å². The van der Waals surface area contributed by atoms with Gasteiger partial charge in [-0.2, -0.15) is 5.10 Å². The molecule has 1 aromatic carbocycles. The van der Waals surface area contributed by atoms with E-state index in [1.807, 2.05) is 4.90 Å². The number of hydrogen-bond acceptors (Lipinski definition) is 5. The SMILES string of the molecule is C=N/C(=C\N=C(/C)N1CC(CNCC(F)F)C1)C(=O)Nc1cc(F)c2nn(C)cc2c1. The fourth-order valence-corrected chi connectivity index (χ4v) is 3.25. The first-order chi connectivity index (χ1) is 14.8. The Bertz CT molecular complexity index is 1030. The summed E-state index contributed by atoms with van der Waals surface area (Å²) in [7, 11) is 1.68. The number of carbonyl (C=O) groups excluding carboxylic acids is 1. The minimum atomic E-state index is -2.36. The molecule has 0 bridgehead atoms. The number of halogens is 3. The van der Waals surface area contributed by atoms with E-state index in [1.165, 1.54) is 16.9 Å². The summed E-state index contributed by atoms with van der Waals surface area (Å²) in [6, 6.07) is 2.80. The molecule has 2 heterocycles. The Labute approximate surface area is 177 Å². The highest BCUT2D eigenvalue weighted by Gasteiger charge is 2.27. The number of rotatable bonds is 8. The fourth-order valence-electron chi connectivity index (χ4n) is 3.25. The maximum atomic E-state index is 14.2. The zero-order valence-corrected chi connectivity index (χ0v) is 17.3. The lowest BCUT2D eigenvalue weighted by Crippen LogP contribution is -2.52. The summed E-state index contributed by atoms with van der Waals surface area (Å²) in [4.78, 5) is 22.4. The van der Waals surface area contributed by atoms with Gasteiger partial charge in [-0.1, -0.05) is 0 Å². The first kappa shape index (κ1) is 22.5. The van der Waals surface area contributed by atoms with Gasteiger partial charge in [-0.25, -0.2) is 18.2 Å². The van der Waals surface area contributed by atoms with Gasteiger partial charge in [0.15, 0.2) is 5.82 Å². The summed E-state index contributed by atoms with van der Waals surface area (Å²) in [5.74, 6) is -0.186. The van der Waals surface area contributed by atoms with Crippen molar-refractivity contribution in [2.45, 2.75) is 13.3 Å². The molecule has 0 radical (unpaired) electrons. The van der Waals surface area contributed by atoms with E-state index in [0.29, 0.717) is 30.9 Å². The third-order valence-corrected chi connectivity index (χ3v) is 4.86. The summed E-state index contributed by atoms with van der Waals surface area (Å²) in [5.41, 5.74) is 0.456. The van der Waals surface area contributed by atoms with E-state index in [0.717, 1.165) is 0 Å². The Morgan fingerprint density at radius 2 is 2.16 bits per heavy atom. The molecule has 31 heavy (non-hydrogen) atoms. The first-order valence-corrected chi connectivity index (χ1v) is 9.66. The van der Waals surface area contributed by atoms with Crippen LogP contribution in [0, 0.1) is 11.7 Å². The molecule has 1 fully saturated rings. The van der Waals surface area contributed by atoms with Crippen molar-refractivity contribution in [1.29, 1.82) is 0 Å². The predicted octanol–water partition coefficient (Wildman–Crippen LogP) is 2.40. The van der Waals surface area contributed by atoms with E-state index in [9.17, 15) is 18.0 Å². The quantitative estimate of drug-likeness (QED) is 0.379. The minimum absolute atomic E-state index is 0.0262. The molecule has 1 aliphatic heterocycles. The van der Waals surface area contributed by atoms with Gasteiger partial charge in [0.2, 0.25) is 0 Å². The maximum absolute atomic E-state index is 14.2. The third kappa shape index (κ3) is 5.69. The number of aliphatic imine (C=N–C) groups is 2. The number of amidine groups is 1. The van der Waals surface area contributed by atoms with Crippen molar-refractivity contribution in [3.63, 3.8) is 0 Å². The standard InChI is InChI=1S/C20H24F3N7O/c1-12(30-9-13(10-30)6-25-8-18(22)23)26-7-17(24-2)20(31)27-15-4-14-11-29(3)28-19(14)16(21)5-15/h4-5,7,11,13,18,25H,2,6,8-10H2,1,3H3,(H,27,31)/b17-7-,26-12+. The van der Waals surface area contributed by atoms with Crippen LogP contribution in [0.3, 0.4) is 0 Å². The van der Waals surface area contributed by atoms with Crippen LogP contribution >= 0.6 is 0 Å². The number of amides is 1. The van der Waals surface area contributed by atoms with Crippen molar-refractivity contribution in [3.8, 4) is 0 Å². The molecule has 0 aliphatic carbocycles. The molecule has 3 rings (SSSR count). The summed E-state index contributed by atoms with van der Waals surface area (Å²) in [6.45, 7) is 6.75. The number of likely N-dealkylation sites (tertiary alicyclic amines) is 1. The van der Waals surface area contributed by atoms with Crippen molar-refractivity contribution in [1.82, 2.24) is 20.0 Å². The number of anilines is 1. The average Bonchev–Trinajstić information content (AvgIpc) is 3.04. The van der Waals surface area contributed by atoms with Gasteiger partial charge < -0.3 is 15.5 Å². The van der Waals surface area contributed by atoms with E-state index in [1.54, 1.807) is 26.2 Å². The number of aromatic nitrogens is 2. The monoisotopic (exact) mass is 435 g/mol. The molecule has 1 amide bonds. The summed E-state index contributed by atoms with van der Waals surface area (Å²) < 4.78 is 40.0. The van der Waals surface area contributed by atoms with Gasteiger partial charge in [0, 0.05) is 49.9 Å². The molecule has 1 aliphatic rings. The van der Waals surface area contributed by atoms with Crippen LogP contribution in [0.5, 0.6) is 0 Å². The van der Waals surface area contributed by atoms with Crippen molar-refractivity contribution in [3.05, 3.63) is 36.0 Å². The molecule has 1 aromatic heterocycles. The highest BCUT2D eigenvalue weighted by molar-refractivity contribution is 6.05. The predicted molar refractivity (Wildman–Crippen MR) is 114 cm³/mol.